The molecular weight excluding hydrogens is 232 g/mol. The molecule has 1 aromatic carbocycles. The summed E-state index contributed by atoms with van der Waals surface area (Å²) >= 11 is 0. The lowest BCUT2D eigenvalue weighted by Gasteiger charge is -2.24. The predicted molar refractivity (Wildman–Crippen MR) is 84.2 cm³/mol. The van der Waals surface area contributed by atoms with Crippen molar-refractivity contribution in [2.75, 3.05) is 19.6 Å². The molecule has 2 heteroatoms. The second-order valence-electron chi connectivity index (χ2n) is 5.44. The molecule has 1 unspecified atom stereocenters. The fourth-order valence-corrected chi connectivity index (χ4v) is 2.24. The molecule has 1 rings (SSSR count). The average molecular weight is 262 g/mol. The minimum absolute atomic E-state index is 0.782. The van der Waals surface area contributed by atoms with E-state index in [4.69, 9.17) is 0 Å². The van der Waals surface area contributed by atoms with Crippen molar-refractivity contribution < 1.29 is 0 Å². The number of benzene rings is 1. The average Bonchev–Trinajstić information content (AvgIpc) is 2.44. The summed E-state index contributed by atoms with van der Waals surface area (Å²) in [6, 6.07) is 8.97. The number of nitrogens with one attached hydrogen (secondary N) is 1. The molecule has 108 valence electrons. The van der Waals surface area contributed by atoms with E-state index in [2.05, 4.69) is 62.2 Å². The molecular formula is C17H30N2. The standard InChI is InChI=1S/C17H30N2/c1-5-15(4)13-19(7-3)14-17-10-8-9-16(11-17)12-18-6-2/h8-11,15,18H,5-7,12-14H2,1-4H3. The van der Waals surface area contributed by atoms with Crippen molar-refractivity contribution >= 4 is 0 Å². The fourth-order valence-electron chi connectivity index (χ4n) is 2.24. The van der Waals surface area contributed by atoms with Crippen LogP contribution in [0.25, 0.3) is 0 Å². The quantitative estimate of drug-likeness (QED) is 0.730. The summed E-state index contributed by atoms with van der Waals surface area (Å²) < 4.78 is 0. The monoisotopic (exact) mass is 262 g/mol. The van der Waals surface area contributed by atoms with Gasteiger partial charge in [-0.25, -0.2) is 0 Å². The highest BCUT2D eigenvalue weighted by Crippen LogP contribution is 2.11. The van der Waals surface area contributed by atoms with E-state index in [1.165, 1.54) is 24.1 Å². The second kappa shape index (κ2) is 9.11. The Morgan fingerprint density at radius 1 is 1.16 bits per heavy atom. The van der Waals surface area contributed by atoms with Crippen molar-refractivity contribution in [3.63, 3.8) is 0 Å². The molecule has 0 aromatic heterocycles. The van der Waals surface area contributed by atoms with Gasteiger partial charge in [-0.15, -0.1) is 0 Å². The van der Waals surface area contributed by atoms with Gasteiger partial charge in [-0.1, -0.05) is 58.4 Å². The molecule has 19 heavy (non-hydrogen) atoms. The van der Waals surface area contributed by atoms with E-state index >= 15 is 0 Å². The maximum atomic E-state index is 3.39. The third kappa shape index (κ3) is 6.22. The normalized spacial score (nSPS) is 12.9. The lowest BCUT2D eigenvalue weighted by atomic mass is 10.1. The Morgan fingerprint density at radius 2 is 1.89 bits per heavy atom. The van der Waals surface area contributed by atoms with Gasteiger partial charge in [-0.05, 0) is 30.1 Å². The van der Waals surface area contributed by atoms with Crippen LogP contribution in [0.4, 0.5) is 0 Å². The maximum absolute atomic E-state index is 3.39. The van der Waals surface area contributed by atoms with Gasteiger partial charge in [-0.2, -0.15) is 0 Å². The molecule has 0 radical (unpaired) electrons. The molecule has 0 amide bonds. The SMILES string of the molecule is CCNCc1cccc(CN(CC)CC(C)CC)c1. The summed E-state index contributed by atoms with van der Waals surface area (Å²) in [5, 5.41) is 3.39. The van der Waals surface area contributed by atoms with Gasteiger partial charge in [0.05, 0.1) is 0 Å². The van der Waals surface area contributed by atoms with Gasteiger partial charge in [0.1, 0.15) is 0 Å². The van der Waals surface area contributed by atoms with Crippen LogP contribution in [0.5, 0.6) is 0 Å². The Morgan fingerprint density at radius 3 is 2.53 bits per heavy atom. The first kappa shape index (κ1) is 16.2. The molecule has 0 aliphatic heterocycles. The van der Waals surface area contributed by atoms with Crippen LogP contribution in [-0.2, 0) is 13.1 Å². The van der Waals surface area contributed by atoms with Gasteiger partial charge in [0.15, 0.2) is 0 Å². The van der Waals surface area contributed by atoms with Crippen molar-refractivity contribution in [1.82, 2.24) is 10.2 Å². The largest absolute Gasteiger partial charge is 0.313 e. The molecule has 0 heterocycles. The van der Waals surface area contributed by atoms with E-state index in [0.29, 0.717) is 0 Å². The summed E-state index contributed by atoms with van der Waals surface area (Å²) in [7, 11) is 0. The Kier molecular flexibility index (Phi) is 7.76. The van der Waals surface area contributed by atoms with E-state index in [9.17, 15) is 0 Å². The van der Waals surface area contributed by atoms with Crippen molar-refractivity contribution in [3.8, 4) is 0 Å². The smallest absolute Gasteiger partial charge is 0.0233 e. The van der Waals surface area contributed by atoms with Crippen LogP contribution >= 0.6 is 0 Å². The molecule has 0 bridgehead atoms. The van der Waals surface area contributed by atoms with Crippen LogP contribution in [0.2, 0.25) is 0 Å². The number of hydrogen-bond donors (Lipinski definition) is 1. The number of rotatable bonds is 9. The van der Waals surface area contributed by atoms with Gasteiger partial charge in [0.25, 0.3) is 0 Å². The second-order valence-corrected chi connectivity index (χ2v) is 5.44. The van der Waals surface area contributed by atoms with E-state index in [1.807, 2.05) is 0 Å². The highest BCUT2D eigenvalue weighted by Gasteiger charge is 2.08. The zero-order valence-corrected chi connectivity index (χ0v) is 13.1. The first-order valence-electron chi connectivity index (χ1n) is 7.70. The molecule has 1 N–H and O–H groups in total. The summed E-state index contributed by atoms with van der Waals surface area (Å²) in [5.74, 6) is 0.782. The van der Waals surface area contributed by atoms with Gasteiger partial charge < -0.3 is 5.32 Å². The summed E-state index contributed by atoms with van der Waals surface area (Å²) in [5.41, 5.74) is 2.82. The van der Waals surface area contributed by atoms with Crippen LogP contribution in [-0.4, -0.2) is 24.5 Å². The van der Waals surface area contributed by atoms with Crippen LogP contribution in [0, 0.1) is 5.92 Å². The zero-order chi connectivity index (χ0) is 14.1. The Labute approximate surface area is 119 Å². The van der Waals surface area contributed by atoms with Crippen molar-refractivity contribution in [2.45, 2.75) is 47.2 Å². The maximum Gasteiger partial charge on any atom is 0.0233 e. The number of nitrogens with zero attached hydrogens (tertiary/aromatic N) is 1. The van der Waals surface area contributed by atoms with E-state index in [1.54, 1.807) is 0 Å². The first-order valence-corrected chi connectivity index (χ1v) is 7.70. The molecule has 0 fully saturated rings. The van der Waals surface area contributed by atoms with Gasteiger partial charge in [0.2, 0.25) is 0 Å². The van der Waals surface area contributed by atoms with Crippen LogP contribution in [0.3, 0.4) is 0 Å². The zero-order valence-electron chi connectivity index (χ0n) is 13.1. The van der Waals surface area contributed by atoms with Crippen LogP contribution < -0.4 is 5.32 Å². The van der Waals surface area contributed by atoms with Crippen LogP contribution in [0.15, 0.2) is 24.3 Å². The molecule has 1 atom stereocenters. The summed E-state index contributed by atoms with van der Waals surface area (Å²) in [6.07, 6.45) is 1.26. The van der Waals surface area contributed by atoms with Gasteiger partial charge >= 0.3 is 0 Å². The highest BCUT2D eigenvalue weighted by molar-refractivity contribution is 5.23. The van der Waals surface area contributed by atoms with Crippen molar-refractivity contribution in [1.29, 1.82) is 0 Å². The summed E-state index contributed by atoms with van der Waals surface area (Å²) in [4.78, 5) is 2.54. The minimum Gasteiger partial charge on any atom is -0.313 e. The van der Waals surface area contributed by atoms with Crippen molar-refractivity contribution in [3.05, 3.63) is 35.4 Å². The molecule has 0 saturated heterocycles. The fraction of sp³-hybridized carbons (Fsp3) is 0.647. The molecule has 0 spiro atoms. The topological polar surface area (TPSA) is 15.3 Å². The Hall–Kier alpha value is -0.860. The van der Waals surface area contributed by atoms with Crippen LogP contribution in [0.1, 0.15) is 45.2 Å². The van der Waals surface area contributed by atoms with E-state index in [-0.39, 0.29) is 0 Å². The molecule has 0 saturated carbocycles. The third-order valence-corrected chi connectivity index (χ3v) is 3.69. The minimum atomic E-state index is 0.782. The molecule has 0 aliphatic carbocycles. The highest BCUT2D eigenvalue weighted by atomic mass is 15.1. The van der Waals surface area contributed by atoms with Gasteiger partial charge in [-0.3, -0.25) is 4.90 Å². The third-order valence-electron chi connectivity index (χ3n) is 3.69. The Bertz CT molecular complexity index is 349. The van der Waals surface area contributed by atoms with Gasteiger partial charge in [0, 0.05) is 19.6 Å². The summed E-state index contributed by atoms with van der Waals surface area (Å²) in [6.45, 7) is 14.4. The molecule has 0 aliphatic rings. The van der Waals surface area contributed by atoms with E-state index < -0.39 is 0 Å². The lowest BCUT2D eigenvalue weighted by molar-refractivity contribution is 0.238. The number of hydrogen-bond acceptors (Lipinski definition) is 2. The molecule has 2 nitrogen and oxygen atoms in total. The lowest BCUT2D eigenvalue weighted by Crippen LogP contribution is -2.27. The first-order chi connectivity index (χ1) is 9.19. The molecule has 1 aromatic rings. The van der Waals surface area contributed by atoms with Crippen molar-refractivity contribution in [2.24, 2.45) is 5.92 Å². The predicted octanol–water partition coefficient (Wildman–Crippen LogP) is 3.66. The Balaban J connectivity index is 2.58. The van der Waals surface area contributed by atoms with E-state index in [0.717, 1.165) is 32.1 Å².